The minimum Gasteiger partial charge on any atom is -0.368 e. The topological polar surface area (TPSA) is 94.9 Å². The smallest absolute Gasteiger partial charge is 0.253 e. The third-order valence-electron chi connectivity index (χ3n) is 2.48. The summed E-state index contributed by atoms with van der Waals surface area (Å²) in [5.41, 5.74) is 7.42. The molecule has 0 saturated carbocycles. The normalized spacial score (nSPS) is 11.2. The van der Waals surface area contributed by atoms with Gasteiger partial charge in [0.25, 0.3) is 5.78 Å². The molecule has 0 saturated heterocycles. The Morgan fingerprint density at radius 3 is 2.70 bits per heavy atom. The van der Waals surface area contributed by atoms with E-state index in [-0.39, 0.29) is 11.1 Å². The molecule has 3 rings (SSSR count). The van der Waals surface area contributed by atoms with E-state index in [2.05, 4.69) is 25.0 Å². The van der Waals surface area contributed by atoms with Gasteiger partial charge in [0.15, 0.2) is 0 Å². The van der Waals surface area contributed by atoms with Crippen molar-refractivity contribution in [3.8, 4) is 0 Å². The molecule has 0 aliphatic heterocycles. The molecular weight excluding hydrogens is 298 g/mol. The number of aromatic nitrogens is 6. The Labute approximate surface area is 123 Å². The lowest BCUT2D eigenvalue weighted by Crippen LogP contribution is -1.97. The van der Waals surface area contributed by atoms with Gasteiger partial charge in [-0.15, -0.1) is 5.10 Å². The lowest BCUT2D eigenvalue weighted by atomic mass is 10.4. The quantitative estimate of drug-likeness (QED) is 0.723. The van der Waals surface area contributed by atoms with Crippen LogP contribution in [0.4, 0.5) is 5.95 Å². The van der Waals surface area contributed by atoms with E-state index in [4.69, 9.17) is 17.3 Å². The molecule has 0 atom stereocenters. The van der Waals surface area contributed by atoms with Gasteiger partial charge in [-0.1, -0.05) is 11.6 Å². The second-order valence-electron chi connectivity index (χ2n) is 4.13. The molecule has 0 amide bonds. The van der Waals surface area contributed by atoms with E-state index in [0.717, 1.165) is 11.4 Å². The Morgan fingerprint density at radius 1 is 1.15 bits per heavy atom. The maximum atomic E-state index is 5.84. The van der Waals surface area contributed by atoms with Crippen LogP contribution >= 0.6 is 23.4 Å². The Bertz CT molecular complexity index is 781. The molecule has 7 nitrogen and oxygen atoms in total. The van der Waals surface area contributed by atoms with Gasteiger partial charge in [0.05, 0.1) is 0 Å². The third-order valence-corrected chi connectivity index (χ3v) is 3.45. The number of anilines is 1. The highest BCUT2D eigenvalue weighted by molar-refractivity contribution is 7.99. The Hall–Kier alpha value is -1.93. The molecule has 0 bridgehead atoms. The number of nitrogens with zero attached hydrogens (tertiary/aromatic N) is 6. The van der Waals surface area contributed by atoms with Gasteiger partial charge >= 0.3 is 0 Å². The van der Waals surface area contributed by atoms with Gasteiger partial charge in [-0.05, 0) is 31.7 Å². The average molecular weight is 308 g/mol. The molecular formula is C11H10ClN7S. The van der Waals surface area contributed by atoms with Crippen molar-refractivity contribution in [1.29, 1.82) is 0 Å². The van der Waals surface area contributed by atoms with Crippen molar-refractivity contribution in [2.45, 2.75) is 24.0 Å². The second kappa shape index (κ2) is 4.88. The Kier molecular flexibility index (Phi) is 3.19. The molecule has 102 valence electrons. The Balaban J connectivity index is 2.00. The number of halogens is 1. The largest absolute Gasteiger partial charge is 0.368 e. The first-order valence-electron chi connectivity index (χ1n) is 5.70. The van der Waals surface area contributed by atoms with Gasteiger partial charge in [-0.2, -0.15) is 4.98 Å². The minimum atomic E-state index is 0.119. The number of nitrogen functional groups attached to an aromatic ring is 1. The van der Waals surface area contributed by atoms with Crippen molar-refractivity contribution in [2.75, 3.05) is 5.73 Å². The first kappa shape index (κ1) is 13.1. The van der Waals surface area contributed by atoms with Crippen LogP contribution in [0.5, 0.6) is 0 Å². The summed E-state index contributed by atoms with van der Waals surface area (Å²) in [6.07, 6.45) is 0. The fourth-order valence-corrected chi connectivity index (χ4v) is 2.75. The lowest BCUT2D eigenvalue weighted by Gasteiger charge is -1.98. The van der Waals surface area contributed by atoms with Gasteiger partial charge in [0.1, 0.15) is 10.2 Å². The molecule has 3 aromatic heterocycles. The Morgan fingerprint density at radius 2 is 1.95 bits per heavy atom. The molecule has 0 unspecified atom stereocenters. The number of rotatable bonds is 2. The zero-order chi connectivity index (χ0) is 14.3. The number of fused-ring (bicyclic) bond motifs is 1. The van der Waals surface area contributed by atoms with E-state index in [0.29, 0.717) is 16.0 Å². The summed E-state index contributed by atoms with van der Waals surface area (Å²) in [6.45, 7) is 3.86. The van der Waals surface area contributed by atoms with Crippen LogP contribution in [0.25, 0.3) is 5.78 Å². The van der Waals surface area contributed by atoms with Crippen molar-refractivity contribution >= 4 is 35.1 Å². The molecule has 20 heavy (non-hydrogen) atoms. The molecule has 0 fully saturated rings. The van der Waals surface area contributed by atoms with Crippen LogP contribution in [-0.4, -0.2) is 29.5 Å². The first-order valence-corrected chi connectivity index (χ1v) is 6.89. The van der Waals surface area contributed by atoms with Gasteiger partial charge in [0.2, 0.25) is 11.1 Å². The highest BCUT2D eigenvalue weighted by Crippen LogP contribution is 2.25. The van der Waals surface area contributed by atoms with Gasteiger partial charge in [-0.3, -0.25) is 0 Å². The minimum absolute atomic E-state index is 0.119. The predicted octanol–water partition coefficient (Wildman–Crippen LogP) is 1.92. The summed E-state index contributed by atoms with van der Waals surface area (Å²) in [7, 11) is 0. The second-order valence-corrected chi connectivity index (χ2v) is 5.51. The van der Waals surface area contributed by atoms with Gasteiger partial charge in [-0.25, -0.2) is 19.5 Å². The maximum absolute atomic E-state index is 5.84. The summed E-state index contributed by atoms with van der Waals surface area (Å²) < 4.78 is 1.68. The number of aryl methyl sites for hydroxylation is 2. The molecule has 0 aliphatic rings. The number of hydrogen-bond donors (Lipinski definition) is 1. The van der Waals surface area contributed by atoms with E-state index in [1.54, 1.807) is 10.6 Å². The molecule has 0 spiro atoms. The van der Waals surface area contributed by atoms with Crippen LogP contribution < -0.4 is 5.73 Å². The summed E-state index contributed by atoms with van der Waals surface area (Å²) in [6, 6.07) is 3.55. The summed E-state index contributed by atoms with van der Waals surface area (Å²) in [5.74, 6) is 0.673. The van der Waals surface area contributed by atoms with Crippen LogP contribution in [0.3, 0.4) is 0 Å². The van der Waals surface area contributed by atoms with E-state index < -0.39 is 0 Å². The van der Waals surface area contributed by atoms with Crippen molar-refractivity contribution in [2.24, 2.45) is 0 Å². The van der Waals surface area contributed by atoms with Gasteiger partial charge < -0.3 is 5.73 Å². The van der Waals surface area contributed by atoms with Crippen LogP contribution in [0, 0.1) is 13.8 Å². The van der Waals surface area contributed by atoms with Crippen LogP contribution in [0.2, 0.25) is 5.15 Å². The van der Waals surface area contributed by atoms with Crippen molar-refractivity contribution in [3.63, 3.8) is 0 Å². The number of nitrogens with two attached hydrogens (primary N) is 1. The zero-order valence-corrected chi connectivity index (χ0v) is 12.3. The van der Waals surface area contributed by atoms with E-state index in [1.807, 2.05) is 19.9 Å². The standard InChI is InChI=1S/C11H10ClN7S/c1-5-3-6(2)19-10(14-5)17-11(18-19)20-8-4-7(12)15-9(13)16-8/h3-4H,1-2H3,(H2,13,15,16). The lowest BCUT2D eigenvalue weighted by molar-refractivity contribution is 0.842. The van der Waals surface area contributed by atoms with Crippen molar-refractivity contribution in [3.05, 3.63) is 28.7 Å². The highest BCUT2D eigenvalue weighted by atomic mass is 35.5. The summed E-state index contributed by atoms with van der Waals surface area (Å²) >= 11 is 7.10. The fourth-order valence-electron chi connectivity index (χ4n) is 1.75. The predicted molar refractivity (Wildman–Crippen MR) is 75.8 cm³/mol. The van der Waals surface area contributed by atoms with E-state index >= 15 is 0 Å². The molecule has 9 heteroatoms. The molecule has 3 heterocycles. The van der Waals surface area contributed by atoms with E-state index in [9.17, 15) is 0 Å². The monoisotopic (exact) mass is 307 g/mol. The first-order chi connectivity index (χ1) is 9.51. The zero-order valence-electron chi connectivity index (χ0n) is 10.7. The summed E-state index contributed by atoms with van der Waals surface area (Å²) in [4.78, 5) is 16.6. The maximum Gasteiger partial charge on any atom is 0.253 e. The third kappa shape index (κ3) is 2.52. The molecule has 0 radical (unpaired) electrons. The molecule has 0 aromatic carbocycles. The molecule has 2 N–H and O–H groups in total. The highest BCUT2D eigenvalue weighted by Gasteiger charge is 2.11. The fraction of sp³-hybridized carbons (Fsp3) is 0.182. The molecule has 3 aromatic rings. The molecule has 0 aliphatic carbocycles. The SMILES string of the molecule is Cc1cc(C)n2nc(Sc3cc(Cl)nc(N)n3)nc2n1. The van der Waals surface area contributed by atoms with Crippen LogP contribution in [0.15, 0.2) is 22.3 Å². The van der Waals surface area contributed by atoms with Crippen LogP contribution in [0.1, 0.15) is 11.4 Å². The van der Waals surface area contributed by atoms with Gasteiger partial charge in [0, 0.05) is 17.5 Å². The van der Waals surface area contributed by atoms with Crippen molar-refractivity contribution < 1.29 is 0 Å². The number of hydrogen-bond acceptors (Lipinski definition) is 7. The summed E-state index contributed by atoms with van der Waals surface area (Å²) in [5, 5.41) is 5.77. The van der Waals surface area contributed by atoms with E-state index in [1.165, 1.54) is 11.8 Å². The van der Waals surface area contributed by atoms with Crippen molar-refractivity contribution in [1.82, 2.24) is 29.5 Å². The van der Waals surface area contributed by atoms with Crippen LogP contribution in [-0.2, 0) is 0 Å². The average Bonchev–Trinajstić information content (AvgIpc) is 2.70.